The molecule has 3 rings (SSSR count). The van der Waals surface area contributed by atoms with Crippen molar-refractivity contribution in [1.82, 2.24) is 4.98 Å². The molecule has 0 bridgehead atoms. The molecule has 0 saturated heterocycles. The average Bonchev–Trinajstić information content (AvgIpc) is 2.61. The Morgan fingerprint density at radius 1 is 1.00 bits per heavy atom. The van der Waals surface area contributed by atoms with E-state index in [9.17, 15) is 13.7 Å². The summed E-state index contributed by atoms with van der Waals surface area (Å²) in [5.74, 6) is 0. The Hall–Kier alpha value is -2.54. The van der Waals surface area contributed by atoms with Gasteiger partial charge in [0.25, 0.3) is 0 Å². The summed E-state index contributed by atoms with van der Waals surface area (Å²) in [6, 6.07) is 18.5. The second-order valence-corrected chi connectivity index (χ2v) is 8.73. The van der Waals surface area contributed by atoms with E-state index in [1.54, 1.807) is 24.3 Å². The monoisotopic (exact) mass is 380 g/mol. The highest BCUT2D eigenvalue weighted by atomic mass is 32.2. The van der Waals surface area contributed by atoms with Crippen molar-refractivity contribution in [2.24, 2.45) is 0 Å². The van der Waals surface area contributed by atoms with Gasteiger partial charge in [-0.25, -0.2) is 8.42 Å². The molecule has 0 aliphatic heterocycles. The van der Waals surface area contributed by atoms with Crippen molar-refractivity contribution >= 4 is 24.4 Å². The Labute approximate surface area is 155 Å². The first kappa shape index (κ1) is 18.3. The maximum atomic E-state index is 11.7. The van der Waals surface area contributed by atoms with Crippen LogP contribution >= 0.6 is 9.24 Å². The zero-order chi connectivity index (χ0) is 18.9. The summed E-state index contributed by atoms with van der Waals surface area (Å²) in [6.45, 7) is 1.81. The van der Waals surface area contributed by atoms with E-state index in [4.69, 9.17) is 0 Å². The Balaban J connectivity index is 2.22. The first-order valence-electron chi connectivity index (χ1n) is 7.88. The smallest absolute Gasteiger partial charge is 0.175 e. The molecule has 0 saturated carbocycles. The Morgan fingerprint density at radius 2 is 1.58 bits per heavy atom. The minimum absolute atomic E-state index is 0.260. The third kappa shape index (κ3) is 3.67. The second kappa shape index (κ2) is 6.99. The number of rotatable bonds is 3. The van der Waals surface area contributed by atoms with Gasteiger partial charge in [-0.3, -0.25) is 4.98 Å². The van der Waals surface area contributed by atoms with Gasteiger partial charge in [-0.15, -0.1) is 9.24 Å². The first-order valence-corrected chi connectivity index (χ1v) is 10.3. The van der Waals surface area contributed by atoms with Gasteiger partial charge in [-0.2, -0.15) is 5.26 Å². The molecule has 0 aliphatic rings. The van der Waals surface area contributed by atoms with Gasteiger partial charge in [0.15, 0.2) is 9.84 Å². The number of aromatic nitrogens is 1. The number of pyridine rings is 1. The van der Waals surface area contributed by atoms with Gasteiger partial charge in [-0.1, -0.05) is 36.4 Å². The zero-order valence-electron chi connectivity index (χ0n) is 14.4. The molecule has 130 valence electrons. The third-order valence-electron chi connectivity index (χ3n) is 4.11. The zero-order valence-corrected chi connectivity index (χ0v) is 16.4. The van der Waals surface area contributed by atoms with Crippen LogP contribution in [0.5, 0.6) is 0 Å². The molecule has 3 aromatic rings. The van der Waals surface area contributed by atoms with Crippen LogP contribution in [0.15, 0.2) is 59.5 Å². The Morgan fingerprint density at radius 3 is 2.12 bits per heavy atom. The van der Waals surface area contributed by atoms with Crippen LogP contribution in [0.4, 0.5) is 0 Å². The largest absolute Gasteiger partial charge is 0.251 e. The van der Waals surface area contributed by atoms with Gasteiger partial charge in [-0.05, 0) is 36.0 Å². The van der Waals surface area contributed by atoms with Crippen LogP contribution in [0.25, 0.3) is 22.4 Å². The van der Waals surface area contributed by atoms with E-state index in [2.05, 4.69) is 20.3 Å². The van der Waals surface area contributed by atoms with Crippen LogP contribution in [0.3, 0.4) is 0 Å². The number of aryl methyl sites for hydroxylation is 1. The van der Waals surface area contributed by atoms with Crippen LogP contribution < -0.4 is 5.30 Å². The molecule has 0 N–H and O–H groups in total. The van der Waals surface area contributed by atoms with Crippen molar-refractivity contribution in [2.45, 2.75) is 11.8 Å². The van der Waals surface area contributed by atoms with Crippen molar-refractivity contribution in [1.29, 1.82) is 5.26 Å². The number of hydrogen-bond acceptors (Lipinski definition) is 4. The lowest BCUT2D eigenvalue weighted by Crippen LogP contribution is -1.99. The highest BCUT2D eigenvalue weighted by Gasteiger charge is 2.14. The van der Waals surface area contributed by atoms with Crippen molar-refractivity contribution in [2.75, 3.05) is 6.26 Å². The van der Waals surface area contributed by atoms with Crippen molar-refractivity contribution < 1.29 is 8.42 Å². The summed E-state index contributed by atoms with van der Waals surface area (Å²) in [7, 11) is -0.614. The van der Waals surface area contributed by atoms with Crippen LogP contribution in [-0.2, 0) is 9.84 Å². The van der Waals surface area contributed by atoms with Gasteiger partial charge in [0.05, 0.1) is 21.8 Å². The fourth-order valence-electron chi connectivity index (χ4n) is 2.68. The van der Waals surface area contributed by atoms with Gasteiger partial charge < -0.3 is 0 Å². The molecule has 4 nitrogen and oxygen atoms in total. The minimum Gasteiger partial charge on any atom is -0.251 e. The molecule has 0 amide bonds. The van der Waals surface area contributed by atoms with Gasteiger partial charge in [0.1, 0.15) is 6.07 Å². The van der Waals surface area contributed by atoms with E-state index in [-0.39, 0.29) is 4.90 Å². The molecule has 1 aromatic heterocycles. The highest BCUT2D eigenvalue weighted by Crippen LogP contribution is 2.32. The molecule has 0 aliphatic carbocycles. The van der Waals surface area contributed by atoms with E-state index in [1.807, 2.05) is 37.3 Å². The number of nitriles is 1. The van der Waals surface area contributed by atoms with Crippen LogP contribution in [0, 0.1) is 18.3 Å². The molecule has 0 spiro atoms. The summed E-state index contributed by atoms with van der Waals surface area (Å²) >= 11 is 0. The number of sulfone groups is 1. The molecule has 1 unspecified atom stereocenters. The molecular weight excluding hydrogens is 363 g/mol. The highest BCUT2D eigenvalue weighted by molar-refractivity contribution is 7.90. The van der Waals surface area contributed by atoms with Crippen LogP contribution in [0.2, 0.25) is 0 Å². The van der Waals surface area contributed by atoms with Gasteiger partial charge in [0.2, 0.25) is 0 Å². The predicted molar refractivity (Wildman–Crippen MR) is 107 cm³/mol. The minimum atomic E-state index is -3.26. The molecule has 0 fully saturated rings. The van der Waals surface area contributed by atoms with Crippen molar-refractivity contribution in [3.8, 4) is 28.5 Å². The lowest BCUT2D eigenvalue weighted by Gasteiger charge is -2.12. The maximum Gasteiger partial charge on any atom is 0.175 e. The second-order valence-electron chi connectivity index (χ2n) is 6.05. The molecule has 26 heavy (non-hydrogen) atoms. The summed E-state index contributed by atoms with van der Waals surface area (Å²) in [5.41, 5.74) is 4.47. The van der Waals surface area contributed by atoms with E-state index in [0.717, 1.165) is 27.7 Å². The summed E-state index contributed by atoms with van der Waals surface area (Å²) in [4.78, 5) is 4.90. The van der Waals surface area contributed by atoms with E-state index < -0.39 is 9.84 Å². The lowest BCUT2D eigenvalue weighted by atomic mass is 9.97. The lowest BCUT2D eigenvalue weighted by molar-refractivity contribution is 0.602. The summed E-state index contributed by atoms with van der Waals surface area (Å²) < 4.78 is 23.4. The molecule has 1 heterocycles. The average molecular weight is 380 g/mol. The van der Waals surface area contributed by atoms with Crippen LogP contribution in [-0.4, -0.2) is 19.7 Å². The fourth-order valence-corrected chi connectivity index (χ4v) is 3.50. The van der Waals surface area contributed by atoms with Crippen molar-refractivity contribution in [3.05, 3.63) is 65.9 Å². The molecule has 2 aromatic carbocycles. The molecule has 0 radical (unpaired) electrons. The Kier molecular flexibility index (Phi) is 4.91. The summed E-state index contributed by atoms with van der Waals surface area (Å²) in [5, 5.41) is 10.4. The summed E-state index contributed by atoms with van der Waals surface area (Å²) in [6.07, 6.45) is 1.18. The quantitative estimate of drug-likeness (QED) is 0.652. The SMILES string of the molecule is Cc1nc(-c2ccc(P)cc2)c(-c2ccc(S(C)(=O)=O)cc2)cc1C#N. The normalized spacial score (nSPS) is 11.2. The third-order valence-corrected chi connectivity index (χ3v) is 5.62. The predicted octanol–water partition coefficient (Wildman–Crippen LogP) is 3.50. The van der Waals surface area contributed by atoms with Crippen LogP contribution in [0.1, 0.15) is 11.3 Å². The number of benzene rings is 2. The number of nitrogens with zero attached hydrogens (tertiary/aromatic N) is 2. The topological polar surface area (TPSA) is 70.8 Å². The first-order chi connectivity index (χ1) is 12.3. The Bertz CT molecular complexity index is 1110. The van der Waals surface area contributed by atoms with E-state index in [0.29, 0.717) is 11.3 Å². The maximum absolute atomic E-state index is 11.7. The van der Waals surface area contributed by atoms with E-state index >= 15 is 0 Å². The van der Waals surface area contributed by atoms with Crippen molar-refractivity contribution in [3.63, 3.8) is 0 Å². The van der Waals surface area contributed by atoms with Gasteiger partial charge >= 0.3 is 0 Å². The van der Waals surface area contributed by atoms with Gasteiger partial charge in [0, 0.05) is 17.4 Å². The molecular formula is C20H17N2O2PS. The number of hydrogen-bond donors (Lipinski definition) is 0. The molecule has 1 atom stereocenters. The molecule has 6 heteroatoms. The fraction of sp³-hybridized carbons (Fsp3) is 0.100. The van der Waals surface area contributed by atoms with E-state index in [1.165, 1.54) is 6.26 Å². The standard InChI is InChI=1S/C20H17N2O2PS/c1-13-16(12-21)11-19(14-5-9-18(10-6-14)26(2,23)24)20(22-13)15-3-7-17(25)8-4-15/h3-11H,25H2,1-2H3.